The van der Waals surface area contributed by atoms with Crippen LogP contribution in [0.2, 0.25) is 0 Å². The average Bonchev–Trinajstić information content (AvgIpc) is 3.49. The van der Waals surface area contributed by atoms with E-state index in [0.717, 1.165) is 77.9 Å². The van der Waals surface area contributed by atoms with Crippen molar-refractivity contribution in [1.82, 2.24) is 4.98 Å². The van der Waals surface area contributed by atoms with Crippen molar-refractivity contribution in [2.45, 2.75) is 37.5 Å². The molecule has 0 aliphatic carbocycles. The number of benzene rings is 2. The monoisotopic (exact) mass is 516 g/mol. The van der Waals surface area contributed by atoms with Crippen molar-refractivity contribution >= 4 is 39.3 Å². The number of nitrogens with one attached hydrogen (secondary N) is 1. The van der Waals surface area contributed by atoms with Gasteiger partial charge in [-0.05, 0) is 37.6 Å². The van der Waals surface area contributed by atoms with Crippen LogP contribution in [0.1, 0.15) is 30.5 Å². The third-order valence-corrected chi connectivity index (χ3v) is 7.07. The predicted molar refractivity (Wildman–Crippen MR) is 137 cm³/mol. The number of rotatable bonds is 7. The minimum Gasteiger partial charge on any atom is -0.488 e. The fourth-order valence-corrected chi connectivity index (χ4v) is 5.10. The number of nitrogens with zero attached hydrogens (tertiary/aromatic N) is 1. The first-order chi connectivity index (χ1) is 17.1. The lowest BCUT2D eigenvalue weighted by atomic mass is 10.1. The largest absolute Gasteiger partial charge is 0.488 e. The minimum absolute atomic E-state index is 0.125. The first-order valence-corrected chi connectivity index (χ1v) is 13.0. The molecule has 1 fully saturated rings. The van der Waals surface area contributed by atoms with Crippen LogP contribution in [-0.4, -0.2) is 61.3 Å². The van der Waals surface area contributed by atoms with Crippen molar-refractivity contribution in [1.29, 1.82) is 0 Å². The molecule has 0 spiro atoms. The van der Waals surface area contributed by atoms with E-state index >= 15 is 0 Å². The molecule has 35 heavy (non-hydrogen) atoms. The number of thioether (sulfide) groups is 1. The first-order valence-electron chi connectivity index (χ1n) is 11.5. The molecule has 2 N–H and O–H groups in total. The molecule has 0 saturated carbocycles. The summed E-state index contributed by atoms with van der Waals surface area (Å²) in [4.78, 5) is 8.22. The molecule has 1 saturated heterocycles. The van der Waals surface area contributed by atoms with Crippen molar-refractivity contribution < 1.29 is 27.7 Å². The second kappa shape index (κ2) is 12.3. The SMILES string of the molecule is Cc1ccc(Oc2cc(OC3CCOCC3)c3[nH]c(C4=NCC(CCO)S4)cc3c2)cc1.O=S=O. The van der Waals surface area contributed by atoms with Crippen molar-refractivity contribution in [2.24, 2.45) is 4.99 Å². The fraction of sp³-hybridized carbons (Fsp3) is 0.400. The van der Waals surface area contributed by atoms with E-state index in [4.69, 9.17) is 27.6 Å². The Morgan fingerprint density at radius 2 is 1.89 bits per heavy atom. The van der Waals surface area contributed by atoms with Gasteiger partial charge in [0.15, 0.2) is 0 Å². The third kappa shape index (κ3) is 6.72. The van der Waals surface area contributed by atoms with Crippen LogP contribution in [0.25, 0.3) is 10.9 Å². The summed E-state index contributed by atoms with van der Waals surface area (Å²) in [7, 11) is 0. The molecular formula is C25H28N2O6S2. The lowest BCUT2D eigenvalue weighted by molar-refractivity contribution is 0.0260. The minimum atomic E-state index is -0.750. The Morgan fingerprint density at radius 3 is 2.60 bits per heavy atom. The highest BCUT2D eigenvalue weighted by Gasteiger charge is 2.23. The van der Waals surface area contributed by atoms with E-state index in [1.165, 1.54) is 5.56 Å². The maximum absolute atomic E-state index is 9.25. The molecule has 0 bridgehead atoms. The summed E-state index contributed by atoms with van der Waals surface area (Å²) in [6.45, 7) is 4.44. The Balaban J connectivity index is 0.000000917. The summed E-state index contributed by atoms with van der Waals surface area (Å²) in [5, 5.41) is 11.6. The quantitative estimate of drug-likeness (QED) is 0.479. The van der Waals surface area contributed by atoms with Gasteiger partial charge in [0.05, 0.1) is 31.0 Å². The van der Waals surface area contributed by atoms with Crippen LogP contribution < -0.4 is 9.47 Å². The van der Waals surface area contributed by atoms with Crippen LogP contribution in [0.4, 0.5) is 0 Å². The van der Waals surface area contributed by atoms with Gasteiger partial charge in [-0.2, -0.15) is 8.42 Å². The van der Waals surface area contributed by atoms with Gasteiger partial charge in [0.1, 0.15) is 28.4 Å². The zero-order valence-electron chi connectivity index (χ0n) is 19.4. The lowest BCUT2D eigenvalue weighted by Crippen LogP contribution is -2.25. The number of ether oxygens (including phenoxy) is 3. The lowest BCUT2D eigenvalue weighted by Gasteiger charge is -2.24. The van der Waals surface area contributed by atoms with E-state index < -0.39 is 11.6 Å². The van der Waals surface area contributed by atoms with E-state index in [1.807, 2.05) is 36.4 Å². The summed E-state index contributed by atoms with van der Waals surface area (Å²) in [5.41, 5.74) is 3.13. The highest BCUT2D eigenvalue weighted by Crippen LogP contribution is 2.37. The van der Waals surface area contributed by atoms with E-state index in [0.29, 0.717) is 5.25 Å². The molecule has 1 atom stereocenters. The second-order valence-corrected chi connectivity index (χ2v) is 9.80. The van der Waals surface area contributed by atoms with Crippen LogP contribution in [0.15, 0.2) is 47.5 Å². The molecule has 5 rings (SSSR count). The average molecular weight is 517 g/mol. The van der Waals surface area contributed by atoms with Gasteiger partial charge in [0.25, 0.3) is 0 Å². The van der Waals surface area contributed by atoms with E-state index in [9.17, 15) is 5.11 Å². The summed E-state index contributed by atoms with van der Waals surface area (Å²) in [5.74, 6) is 2.33. The van der Waals surface area contributed by atoms with Crippen LogP contribution >= 0.6 is 11.8 Å². The van der Waals surface area contributed by atoms with Gasteiger partial charge in [-0.25, -0.2) is 0 Å². The van der Waals surface area contributed by atoms with Gasteiger partial charge in [-0.15, -0.1) is 0 Å². The molecule has 3 heterocycles. The molecule has 0 amide bonds. The van der Waals surface area contributed by atoms with Crippen LogP contribution in [0, 0.1) is 6.92 Å². The zero-order chi connectivity index (χ0) is 24.6. The van der Waals surface area contributed by atoms with Crippen molar-refractivity contribution in [3.05, 3.63) is 53.7 Å². The van der Waals surface area contributed by atoms with Crippen LogP contribution in [0.3, 0.4) is 0 Å². The van der Waals surface area contributed by atoms with Gasteiger partial charge in [0.2, 0.25) is 0 Å². The van der Waals surface area contributed by atoms with Gasteiger partial charge in [-0.1, -0.05) is 29.5 Å². The summed E-state index contributed by atoms with van der Waals surface area (Å²) in [6, 6.07) is 14.2. The van der Waals surface area contributed by atoms with E-state index in [-0.39, 0.29) is 12.7 Å². The number of aromatic amines is 1. The number of aromatic nitrogens is 1. The van der Waals surface area contributed by atoms with Crippen molar-refractivity contribution in [3.8, 4) is 17.2 Å². The Morgan fingerprint density at radius 1 is 1.14 bits per heavy atom. The number of aliphatic hydroxyl groups excluding tert-OH is 1. The standard InChI is InChI=1S/C25H28N2O4S.O2S/c1-16-2-4-18(5-3-16)30-20-12-17-13-22(25-26-15-21(32-25)6-9-28)27-24(17)23(14-20)31-19-7-10-29-11-8-19;1-3-2/h2-5,12-14,19,21,27-28H,6-11,15H2,1H3;. The van der Waals surface area contributed by atoms with Gasteiger partial charge in [0, 0.05) is 36.2 Å². The molecule has 2 aromatic carbocycles. The van der Waals surface area contributed by atoms with Crippen LogP contribution in [-0.2, 0) is 16.3 Å². The Bertz CT molecular complexity index is 1200. The topological polar surface area (TPSA) is 110 Å². The van der Waals surface area contributed by atoms with E-state index in [1.54, 1.807) is 11.8 Å². The smallest absolute Gasteiger partial charge is 0.335 e. The molecule has 2 aliphatic rings. The number of hydrogen-bond donors (Lipinski definition) is 2. The molecule has 2 aliphatic heterocycles. The Labute approximate surface area is 211 Å². The first kappa shape index (κ1) is 25.4. The van der Waals surface area contributed by atoms with Gasteiger partial charge in [-0.3, -0.25) is 4.99 Å². The molecule has 0 radical (unpaired) electrons. The number of aliphatic imine (C=N–C) groups is 1. The molecule has 186 valence electrons. The normalized spacial score (nSPS) is 18.0. The molecule has 1 aromatic heterocycles. The number of aryl methyl sites for hydroxylation is 1. The van der Waals surface area contributed by atoms with Crippen LogP contribution in [0.5, 0.6) is 17.2 Å². The maximum atomic E-state index is 9.25. The summed E-state index contributed by atoms with van der Waals surface area (Å²) in [6.07, 6.45) is 2.64. The van der Waals surface area contributed by atoms with Crippen molar-refractivity contribution in [2.75, 3.05) is 26.4 Å². The van der Waals surface area contributed by atoms with Gasteiger partial charge >= 0.3 is 11.6 Å². The number of hydrogen-bond acceptors (Lipinski definition) is 8. The maximum Gasteiger partial charge on any atom is 0.335 e. The zero-order valence-corrected chi connectivity index (χ0v) is 21.0. The number of fused-ring (bicyclic) bond motifs is 1. The summed E-state index contributed by atoms with van der Waals surface area (Å²) < 4.78 is 34.7. The van der Waals surface area contributed by atoms with E-state index in [2.05, 4.69) is 18.0 Å². The number of H-pyrrole nitrogens is 1. The third-order valence-electron chi connectivity index (χ3n) is 5.78. The Kier molecular flexibility index (Phi) is 8.97. The number of aliphatic hydroxyl groups is 1. The molecule has 8 nitrogen and oxygen atoms in total. The summed E-state index contributed by atoms with van der Waals surface area (Å²) >= 11 is 0.973. The molecule has 3 aromatic rings. The van der Waals surface area contributed by atoms with Gasteiger partial charge < -0.3 is 24.3 Å². The molecule has 10 heteroatoms. The predicted octanol–water partition coefficient (Wildman–Crippen LogP) is 4.40. The second-order valence-electron chi connectivity index (χ2n) is 8.38. The molecular weight excluding hydrogens is 488 g/mol. The fourth-order valence-electron chi connectivity index (χ4n) is 4.03. The highest BCUT2D eigenvalue weighted by molar-refractivity contribution is 8.15. The van der Waals surface area contributed by atoms with Crippen molar-refractivity contribution in [3.63, 3.8) is 0 Å². The highest BCUT2D eigenvalue weighted by atomic mass is 32.2. The Hall–Kier alpha value is -2.66. The molecule has 1 unspecified atom stereocenters.